The normalized spacial score (nSPS) is 13.4. The third kappa shape index (κ3) is 2.67. The highest BCUT2D eigenvalue weighted by Crippen LogP contribution is 2.35. The fourth-order valence-electron chi connectivity index (χ4n) is 3.15. The summed E-state index contributed by atoms with van der Waals surface area (Å²) in [5.41, 5.74) is 0.913. The quantitative estimate of drug-likeness (QED) is 0.301. The lowest BCUT2D eigenvalue weighted by Gasteiger charge is -2.22. The van der Waals surface area contributed by atoms with Crippen LogP contribution in [0.4, 0.5) is 5.69 Å². The first-order valence-corrected chi connectivity index (χ1v) is 8.28. The van der Waals surface area contributed by atoms with Crippen molar-refractivity contribution < 1.29 is 19.2 Å². The Kier molecular flexibility index (Phi) is 4.08. The van der Waals surface area contributed by atoms with Crippen molar-refractivity contribution in [3.8, 4) is 5.75 Å². The van der Waals surface area contributed by atoms with Crippen LogP contribution in [0.1, 0.15) is 26.3 Å². The molecule has 0 saturated carbocycles. The highest BCUT2D eigenvalue weighted by Gasteiger charge is 2.34. The molecule has 1 aliphatic heterocycles. The number of methoxy groups -OCH3 is 1. The third-order valence-corrected chi connectivity index (χ3v) is 4.50. The first-order valence-electron chi connectivity index (χ1n) is 8.28. The van der Waals surface area contributed by atoms with Gasteiger partial charge in [0.25, 0.3) is 17.5 Å². The minimum atomic E-state index is -0.631. The van der Waals surface area contributed by atoms with Gasteiger partial charge >= 0.3 is 0 Å². The van der Waals surface area contributed by atoms with Crippen LogP contribution in [0.25, 0.3) is 10.8 Å². The molecule has 0 unspecified atom stereocenters. The Morgan fingerprint density at radius 2 is 1.68 bits per heavy atom. The SMILES string of the molecule is COc1ccc(/C=N\N2C(=O)c3cccc4c([N+](=O)[O-])ccc(c34)C2=O)cc1. The number of carbonyl (C=O) groups excluding carboxylic acids is 2. The molecular formula is C20H13N3O5. The van der Waals surface area contributed by atoms with Gasteiger partial charge in [0.2, 0.25) is 0 Å². The molecule has 0 saturated heterocycles. The summed E-state index contributed by atoms with van der Waals surface area (Å²) in [5.74, 6) is -0.591. The van der Waals surface area contributed by atoms with Gasteiger partial charge in [-0.2, -0.15) is 10.1 Å². The van der Waals surface area contributed by atoms with Crippen LogP contribution in [0.2, 0.25) is 0 Å². The minimum absolute atomic E-state index is 0.156. The van der Waals surface area contributed by atoms with Crippen LogP contribution in [0.3, 0.4) is 0 Å². The number of rotatable bonds is 4. The second-order valence-corrected chi connectivity index (χ2v) is 6.06. The molecule has 8 heteroatoms. The van der Waals surface area contributed by atoms with Crippen LogP contribution < -0.4 is 4.74 Å². The number of amides is 2. The number of nitro benzene ring substituents is 1. The summed E-state index contributed by atoms with van der Waals surface area (Å²) in [6, 6.07) is 14.2. The molecule has 138 valence electrons. The third-order valence-electron chi connectivity index (χ3n) is 4.50. The van der Waals surface area contributed by atoms with Gasteiger partial charge in [0.15, 0.2) is 0 Å². The Bertz CT molecular complexity index is 1150. The first-order chi connectivity index (χ1) is 13.5. The van der Waals surface area contributed by atoms with Gasteiger partial charge in [0.1, 0.15) is 5.75 Å². The fraction of sp³-hybridized carbons (Fsp3) is 0.0500. The minimum Gasteiger partial charge on any atom is -0.497 e. The van der Waals surface area contributed by atoms with Gasteiger partial charge in [-0.15, -0.1) is 0 Å². The van der Waals surface area contributed by atoms with Gasteiger partial charge < -0.3 is 4.74 Å². The zero-order valence-electron chi connectivity index (χ0n) is 14.7. The van der Waals surface area contributed by atoms with Gasteiger partial charge in [0.05, 0.1) is 34.8 Å². The predicted octanol–water partition coefficient (Wildman–Crippen LogP) is 3.39. The molecule has 2 amide bonds. The smallest absolute Gasteiger partial charge is 0.282 e. The summed E-state index contributed by atoms with van der Waals surface area (Å²) in [5, 5.41) is 16.6. The lowest BCUT2D eigenvalue weighted by molar-refractivity contribution is -0.383. The van der Waals surface area contributed by atoms with Crippen LogP contribution in [0.15, 0.2) is 59.7 Å². The van der Waals surface area contributed by atoms with E-state index < -0.39 is 16.7 Å². The van der Waals surface area contributed by atoms with Crippen LogP contribution in [0, 0.1) is 10.1 Å². The van der Waals surface area contributed by atoms with E-state index in [1.165, 1.54) is 30.5 Å². The maximum atomic E-state index is 12.8. The molecule has 28 heavy (non-hydrogen) atoms. The number of nitro groups is 1. The van der Waals surface area contributed by atoms with Crippen LogP contribution in [-0.2, 0) is 0 Å². The number of non-ortho nitro benzene ring substituents is 1. The number of nitrogens with zero attached hydrogens (tertiary/aromatic N) is 3. The van der Waals surface area contributed by atoms with Crippen molar-refractivity contribution in [2.75, 3.05) is 7.11 Å². The first kappa shape index (κ1) is 17.3. The zero-order valence-corrected chi connectivity index (χ0v) is 14.7. The highest BCUT2D eigenvalue weighted by molar-refractivity contribution is 6.26. The Morgan fingerprint density at radius 3 is 2.32 bits per heavy atom. The summed E-state index contributed by atoms with van der Waals surface area (Å²) in [7, 11) is 1.55. The van der Waals surface area contributed by atoms with Crippen molar-refractivity contribution in [1.29, 1.82) is 0 Å². The molecule has 1 aliphatic rings. The van der Waals surface area contributed by atoms with Gasteiger partial charge in [-0.3, -0.25) is 19.7 Å². The average Bonchev–Trinajstić information content (AvgIpc) is 2.71. The number of ether oxygens (including phenoxy) is 1. The van der Waals surface area contributed by atoms with E-state index in [2.05, 4.69) is 5.10 Å². The van der Waals surface area contributed by atoms with Gasteiger partial charge in [-0.25, -0.2) is 0 Å². The van der Waals surface area contributed by atoms with E-state index in [-0.39, 0.29) is 27.6 Å². The van der Waals surface area contributed by atoms with E-state index in [0.717, 1.165) is 5.01 Å². The molecule has 0 N–H and O–H groups in total. The summed E-state index contributed by atoms with van der Waals surface area (Å²) < 4.78 is 5.08. The van der Waals surface area contributed by atoms with E-state index in [9.17, 15) is 19.7 Å². The zero-order chi connectivity index (χ0) is 19.8. The summed E-state index contributed by atoms with van der Waals surface area (Å²) in [6.07, 6.45) is 1.39. The number of hydrogen-bond acceptors (Lipinski definition) is 6. The summed E-state index contributed by atoms with van der Waals surface area (Å²) in [6.45, 7) is 0. The molecule has 3 aromatic rings. The van der Waals surface area contributed by atoms with Crippen LogP contribution in [0.5, 0.6) is 5.75 Å². The molecule has 0 spiro atoms. The number of benzene rings is 3. The van der Waals surface area contributed by atoms with E-state index in [4.69, 9.17) is 4.74 Å². The van der Waals surface area contributed by atoms with Crippen molar-refractivity contribution in [2.24, 2.45) is 5.10 Å². The van der Waals surface area contributed by atoms with Crippen LogP contribution in [-0.4, -0.2) is 35.1 Å². The molecule has 8 nitrogen and oxygen atoms in total. The van der Waals surface area contributed by atoms with Crippen molar-refractivity contribution >= 4 is 34.5 Å². The molecule has 0 aliphatic carbocycles. The average molecular weight is 375 g/mol. The Labute approximate surface area is 158 Å². The van der Waals surface area contributed by atoms with Crippen molar-refractivity contribution in [3.63, 3.8) is 0 Å². The topological polar surface area (TPSA) is 102 Å². The fourth-order valence-corrected chi connectivity index (χ4v) is 3.15. The lowest BCUT2D eigenvalue weighted by Crippen LogP contribution is -2.36. The summed E-state index contributed by atoms with van der Waals surface area (Å²) in [4.78, 5) is 36.4. The Balaban J connectivity index is 1.77. The monoisotopic (exact) mass is 375 g/mol. The Hall–Kier alpha value is -4.07. The largest absolute Gasteiger partial charge is 0.497 e. The molecule has 0 bridgehead atoms. The number of carbonyl (C=O) groups is 2. The predicted molar refractivity (Wildman–Crippen MR) is 102 cm³/mol. The molecule has 0 radical (unpaired) electrons. The second-order valence-electron chi connectivity index (χ2n) is 6.06. The molecule has 0 fully saturated rings. The maximum absolute atomic E-state index is 12.8. The maximum Gasteiger partial charge on any atom is 0.282 e. The highest BCUT2D eigenvalue weighted by atomic mass is 16.6. The number of hydrogen-bond donors (Lipinski definition) is 0. The van der Waals surface area contributed by atoms with Gasteiger partial charge in [-0.1, -0.05) is 6.07 Å². The molecule has 3 aromatic carbocycles. The van der Waals surface area contributed by atoms with Gasteiger partial charge in [0, 0.05) is 11.5 Å². The van der Waals surface area contributed by atoms with Crippen molar-refractivity contribution in [3.05, 3.63) is 81.4 Å². The lowest BCUT2D eigenvalue weighted by atomic mass is 9.94. The standard InChI is InChI=1S/C20H13N3O5/c1-28-13-7-5-12(6-8-13)11-21-22-19(24)15-4-2-3-14-17(23(26)27)10-9-16(18(14)15)20(22)25/h2-11H,1H3/b21-11-. The van der Waals surface area contributed by atoms with Crippen LogP contribution >= 0.6 is 0 Å². The van der Waals surface area contributed by atoms with E-state index >= 15 is 0 Å². The van der Waals surface area contributed by atoms with E-state index in [0.29, 0.717) is 11.3 Å². The van der Waals surface area contributed by atoms with E-state index in [1.807, 2.05) is 0 Å². The van der Waals surface area contributed by atoms with E-state index in [1.54, 1.807) is 37.4 Å². The molecular weight excluding hydrogens is 362 g/mol. The van der Waals surface area contributed by atoms with Crippen molar-refractivity contribution in [1.82, 2.24) is 5.01 Å². The molecule has 1 heterocycles. The molecule has 0 aromatic heterocycles. The number of imide groups is 1. The molecule has 0 atom stereocenters. The number of hydrazone groups is 1. The van der Waals surface area contributed by atoms with Crippen molar-refractivity contribution in [2.45, 2.75) is 0 Å². The Morgan fingerprint density at radius 1 is 1.00 bits per heavy atom. The second kappa shape index (κ2) is 6.58. The van der Waals surface area contributed by atoms with Gasteiger partial charge in [-0.05, 0) is 48.0 Å². The summed E-state index contributed by atoms with van der Waals surface area (Å²) >= 11 is 0. The molecule has 4 rings (SSSR count).